The van der Waals surface area contributed by atoms with Gasteiger partial charge in [-0.3, -0.25) is 5.10 Å². The molecule has 0 aliphatic carbocycles. The lowest BCUT2D eigenvalue weighted by Gasteiger charge is -2.07. The van der Waals surface area contributed by atoms with Gasteiger partial charge in [-0.25, -0.2) is 9.97 Å². The van der Waals surface area contributed by atoms with Crippen molar-refractivity contribution in [3.05, 3.63) is 34.4 Å². The number of H-pyrrole nitrogens is 1. The first kappa shape index (κ1) is 14.0. The maximum absolute atomic E-state index is 7.27. The average molecular weight is 314 g/mol. The predicted octanol–water partition coefficient (Wildman–Crippen LogP) is 1.70. The van der Waals surface area contributed by atoms with Gasteiger partial charge in [0.25, 0.3) is 0 Å². The summed E-state index contributed by atoms with van der Waals surface area (Å²) >= 11 is 1.45. The summed E-state index contributed by atoms with van der Waals surface area (Å²) in [5.41, 5.74) is 13.8. The summed E-state index contributed by atoms with van der Waals surface area (Å²) < 4.78 is 0. The van der Waals surface area contributed by atoms with Crippen LogP contribution in [0.5, 0.6) is 0 Å². The SMILES string of the molecule is N=Cc1sc(CNc2nc(-c3cn[nH]c3)cnc2N)cc1N. The van der Waals surface area contributed by atoms with E-state index in [1.54, 1.807) is 18.6 Å². The molecule has 3 heterocycles. The number of hydrogen-bond acceptors (Lipinski definition) is 8. The highest BCUT2D eigenvalue weighted by molar-refractivity contribution is 7.14. The number of hydrogen-bond donors (Lipinski definition) is 5. The normalized spacial score (nSPS) is 10.5. The van der Waals surface area contributed by atoms with Gasteiger partial charge >= 0.3 is 0 Å². The van der Waals surface area contributed by atoms with Gasteiger partial charge in [-0.1, -0.05) is 0 Å². The van der Waals surface area contributed by atoms with Gasteiger partial charge in [-0.2, -0.15) is 5.10 Å². The van der Waals surface area contributed by atoms with Crippen LogP contribution in [-0.2, 0) is 6.54 Å². The standard InChI is InChI=1S/C13H14N8S/c14-2-11-9(15)1-8(22-11)5-18-13-12(16)17-6-10(21-13)7-3-19-20-4-7/h1-4,6,14H,5,15H2,(H2,16,17)(H,18,21)(H,19,20). The van der Waals surface area contributed by atoms with Gasteiger partial charge < -0.3 is 22.2 Å². The summed E-state index contributed by atoms with van der Waals surface area (Å²) in [6.45, 7) is 0.510. The van der Waals surface area contributed by atoms with E-state index < -0.39 is 0 Å². The van der Waals surface area contributed by atoms with E-state index >= 15 is 0 Å². The van der Waals surface area contributed by atoms with Gasteiger partial charge in [0, 0.05) is 22.9 Å². The van der Waals surface area contributed by atoms with Crippen molar-refractivity contribution < 1.29 is 0 Å². The summed E-state index contributed by atoms with van der Waals surface area (Å²) in [6, 6.07) is 1.83. The minimum absolute atomic E-state index is 0.323. The third-order valence-corrected chi connectivity index (χ3v) is 4.10. The lowest BCUT2D eigenvalue weighted by Crippen LogP contribution is -2.06. The molecule has 0 bridgehead atoms. The van der Waals surface area contributed by atoms with Gasteiger partial charge in [-0.05, 0) is 6.07 Å². The Morgan fingerprint density at radius 1 is 1.36 bits per heavy atom. The van der Waals surface area contributed by atoms with Crippen LogP contribution in [0.3, 0.4) is 0 Å². The number of anilines is 3. The number of rotatable bonds is 5. The smallest absolute Gasteiger partial charge is 0.169 e. The summed E-state index contributed by atoms with van der Waals surface area (Å²) in [5.74, 6) is 0.825. The molecule has 22 heavy (non-hydrogen) atoms. The number of nitrogens with two attached hydrogens (primary N) is 2. The molecule has 3 aromatic rings. The highest BCUT2D eigenvalue weighted by atomic mass is 32.1. The molecular formula is C13H14N8S. The fourth-order valence-corrected chi connectivity index (χ4v) is 2.75. The Morgan fingerprint density at radius 2 is 2.23 bits per heavy atom. The lowest BCUT2D eigenvalue weighted by molar-refractivity contribution is 1.09. The van der Waals surface area contributed by atoms with Crippen molar-refractivity contribution in [2.45, 2.75) is 6.54 Å². The predicted molar refractivity (Wildman–Crippen MR) is 88.0 cm³/mol. The highest BCUT2D eigenvalue weighted by Crippen LogP contribution is 2.25. The molecule has 3 rings (SSSR count). The second-order valence-electron chi connectivity index (χ2n) is 4.51. The van der Waals surface area contributed by atoms with Crippen molar-refractivity contribution in [2.75, 3.05) is 16.8 Å². The highest BCUT2D eigenvalue weighted by Gasteiger charge is 2.09. The fourth-order valence-electron chi connectivity index (χ4n) is 1.90. The molecule has 9 heteroatoms. The Kier molecular flexibility index (Phi) is 3.71. The molecule has 7 N–H and O–H groups in total. The maximum atomic E-state index is 7.27. The molecule has 0 aliphatic heterocycles. The van der Waals surface area contributed by atoms with Crippen molar-refractivity contribution in [1.82, 2.24) is 20.2 Å². The van der Waals surface area contributed by atoms with Crippen LogP contribution in [0.1, 0.15) is 9.75 Å². The van der Waals surface area contributed by atoms with Gasteiger partial charge in [0.15, 0.2) is 11.6 Å². The number of aromatic amines is 1. The minimum Gasteiger partial charge on any atom is -0.398 e. The molecule has 112 valence electrons. The molecule has 0 fully saturated rings. The topological polar surface area (TPSA) is 142 Å². The Morgan fingerprint density at radius 3 is 2.91 bits per heavy atom. The Hall–Kier alpha value is -2.94. The number of aromatic nitrogens is 4. The largest absolute Gasteiger partial charge is 0.398 e. The van der Waals surface area contributed by atoms with Crippen LogP contribution in [0, 0.1) is 5.41 Å². The van der Waals surface area contributed by atoms with Crippen molar-refractivity contribution >= 4 is 34.9 Å². The van der Waals surface area contributed by atoms with Crippen molar-refractivity contribution in [3.8, 4) is 11.3 Å². The zero-order chi connectivity index (χ0) is 15.5. The van der Waals surface area contributed by atoms with Crippen LogP contribution >= 0.6 is 11.3 Å². The molecule has 0 amide bonds. The van der Waals surface area contributed by atoms with Gasteiger partial charge in [0.05, 0.1) is 35.2 Å². The number of thiophene rings is 1. The van der Waals surface area contributed by atoms with E-state index in [1.165, 1.54) is 17.6 Å². The zero-order valence-electron chi connectivity index (χ0n) is 11.5. The van der Waals surface area contributed by atoms with Crippen molar-refractivity contribution in [3.63, 3.8) is 0 Å². The number of nitrogen functional groups attached to an aromatic ring is 2. The molecule has 0 saturated heterocycles. The fraction of sp³-hybridized carbons (Fsp3) is 0.0769. The van der Waals surface area contributed by atoms with Gasteiger partial charge in [0.1, 0.15) is 0 Å². The Labute approximate surface area is 130 Å². The summed E-state index contributed by atoms with van der Waals surface area (Å²) in [5, 5.41) is 17.0. The minimum atomic E-state index is 0.323. The van der Waals surface area contributed by atoms with Crippen LogP contribution in [0.25, 0.3) is 11.3 Å². The molecule has 0 spiro atoms. The van der Waals surface area contributed by atoms with Crippen molar-refractivity contribution in [1.29, 1.82) is 5.41 Å². The molecular weight excluding hydrogens is 300 g/mol. The first-order valence-corrected chi connectivity index (χ1v) is 7.23. The van der Waals surface area contributed by atoms with E-state index in [1.807, 2.05) is 6.07 Å². The summed E-state index contributed by atoms with van der Waals surface area (Å²) in [4.78, 5) is 10.3. The second kappa shape index (κ2) is 5.82. The van der Waals surface area contributed by atoms with Crippen LogP contribution in [-0.4, -0.2) is 26.4 Å². The van der Waals surface area contributed by atoms with E-state index in [9.17, 15) is 0 Å². The molecule has 0 radical (unpaired) electrons. The van der Waals surface area contributed by atoms with Crippen LogP contribution < -0.4 is 16.8 Å². The number of nitrogens with one attached hydrogen (secondary N) is 3. The third kappa shape index (κ3) is 2.74. The average Bonchev–Trinajstić information content (AvgIpc) is 3.16. The first-order chi connectivity index (χ1) is 10.7. The second-order valence-corrected chi connectivity index (χ2v) is 5.67. The van der Waals surface area contributed by atoms with E-state index in [0.29, 0.717) is 29.6 Å². The summed E-state index contributed by atoms with van der Waals surface area (Å²) in [6.07, 6.45) is 6.25. The van der Waals surface area contributed by atoms with Crippen LogP contribution in [0.15, 0.2) is 24.7 Å². The molecule has 3 aromatic heterocycles. The molecule has 0 atom stereocenters. The maximum Gasteiger partial charge on any atom is 0.169 e. The van der Waals surface area contributed by atoms with E-state index in [4.69, 9.17) is 16.9 Å². The molecule has 8 nitrogen and oxygen atoms in total. The third-order valence-electron chi connectivity index (χ3n) is 3.00. The number of nitrogens with zero attached hydrogens (tertiary/aromatic N) is 3. The van der Waals surface area contributed by atoms with Crippen molar-refractivity contribution in [2.24, 2.45) is 0 Å². The monoisotopic (exact) mass is 314 g/mol. The van der Waals surface area contributed by atoms with Crippen LogP contribution in [0.2, 0.25) is 0 Å². The molecule has 0 unspecified atom stereocenters. The van der Waals surface area contributed by atoms with Gasteiger partial charge in [-0.15, -0.1) is 11.3 Å². The first-order valence-electron chi connectivity index (χ1n) is 6.41. The quantitative estimate of drug-likeness (QED) is 0.454. The lowest BCUT2D eigenvalue weighted by atomic mass is 10.3. The zero-order valence-corrected chi connectivity index (χ0v) is 12.3. The Balaban J connectivity index is 1.79. The van der Waals surface area contributed by atoms with E-state index in [2.05, 4.69) is 25.5 Å². The van der Waals surface area contributed by atoms with Gasteiger partial charge in [0.2, 0.25) is 0 Å². The van der Waals surface area contributed by atoms with E-state index in [-0.39, 0.29) is 0 Å². The summed E-state index contributed by atoms with van der Waals surface area (Å²) in [7, 11) is 0. The van der Waals surface area contributed by atoms with E-state index in [0.717, 1.165) is 15.3 Å². The van der Waals surface area contributed by atoms with Crippen LogP contribution in [0.4, 0.5) is 17.3 Å². The molecule has 0 aliphatic rings. The molecule has 0 saturated carbocycles. The molecule has 0 aromatic carbocycles. The Bertz CT molecular complexity index is 792.